The largest absolute Gasteiger partial charge is 0.492 e. The molecule has 38 heavy (non-hydrogen) atoms. The van der Waals surface area contributed by atoms with Crippen LogP contribution in [-0.2, 0) is 22.6 Å². The van der Waals surface area contributed by atoms with Crippen LogP contribution in [0.3, 0.4) is 0 Å². The molecule has 0 fully saturated rings. The van der Waals surface area contributed by atoms with E-state index in [-0.39, 0.29) is 25.4 Å². The quantitative estimate of drug-likeness (QED) is 0.211. The number of rotatable bonds is 12. The van der Waals surface area contributed by atoms with Gasteiger partial charge in [-0.1, -0.05) is 24.3 Å². The number of nitrogens with zero attached hydrogens (tertiary/aromatic N) is 2. The number of carbonyl (C=O) groups is 2. The van der Waals surface area contributed by atoms with Crippen molar-refractivity contribution in [3.8, 4) is 11.5 Å². The Morgan fingerprint density at radius 3 is 2.63 bits per heavy atom. The van der Waals surface area contributed by atoms with Gasteiger partial charge < -0.3 is 23.9 Å². The third-order valence-electron chi connectivity index (χ3n) is 5.34. The number of carbonyl (C=O) groups excluding carboxylic acids is 2. The van der Waals surface area contributed by atoms with Crippen molar-refractivity contribution in [1.82, 2.24) is 15.2 Å². The number of ether oxygens (including phenoxy) is 3. The number of hydrogen-bond acceptors (Lipinski definition) is 8. The van der Waals surface area contributed by atoms with Crippen molar-refractivity contribution < 1.29 is 32.6 Å². The number of esters is 1. The molecule has 0 saturated carbocycles. The Bertz CT molecular complexity index is 1330. The number of hydrogen-bond donors (Lipinski definition) is 1. The molecule has 0 spiro atoms. The van der Waals surface area contributed by atoms with Crippen LogP contribution in [0.25, 0.3) is 11.1 Å². The number of para-hydroxylation sites is 2. The third kappa shape index (κ3) is 7.78. The van der Waals surface area contributed by atoms with Gasteiger partial charge in [-0.05, 0) is 61.0 Å². The SMILES string of the molecule is CCOC(=O)CN(Cc1cccc(OCCNCc2nc3ccccc3o2)c1)C(=O)Oc1ccc(F)cc1. The van der Waals surface area contributed by atoms with Gasteiger partial charge in [-0.3, -0.25) is 9.69 Å². The fourth-order valence-electron chi connectivity index (χ4n) is 3.60. The summed E-state index contributed by atoms with van der Waals surface area (Å²) in [6.07, 6.45) is -0.764. The summed E-state index contributed by atoms with van der Waals surface area (Å²) in [4.78, 5) is 30.5. The van der Waals surface area contributed by atoms with E-state index in [1.165, 1.54) is 29.2 Å². The Balaban J connectivity index is 1.30. The summed E-state index contributed by atoms with van der Waals surface area (Å²) in [5.41, 5.74) is 2.29. The molecule has 1 N–H and O–H groups in total. The Morgan fingerprint density at radius 2 is 1.84 bits per heavy atom. The molecular weight excluding hydrogens is 493 g/mol. The molecule has 4 rings (SSSR count). The maximum atomic E-state index is 13.2. The molecule has 0 saturated heterocycles. The number of fused-ring (bicyclic) bond motifs is 1. The van der Waals surface area contributed by atoms with E-state index in [1.54, 1.807) is 25.1 Å². The molecule has 9 nitrogen and oxygen atoms in total. The van der Waals surface area contributed by atoms with Crippen molar-refractivity contribution in [1.29, 1.82) is 0 Å². The van der Waals surface area contributed by atoms with Gasteiger partial charge in [0.1, 0.15) is 36.0 Å². The molecule has 1 amide bonds. The summed E-state index contributed by atoms with van der Waals surface area (Å²) < 4.78 is 35.0. The lowest BCUT2D eigenvalue weighted by Crippen LogP contribution is -2.38. The van der Waals surface area contributed by atoms with Gasteiger partial charge in [0.15, 0.2) is 5.58 Å². The van der Waals surface area contributed by atoms with Gasteiger partial charge in [-0.2, -0.15) is 0 Å². The second-order valence-electron chi connectivity index (χ2n) is 8.23. The topological polar surface area (TPSA) is 103 Å². The highest BCUT2D eigenvalue weighted by Crippen LogP contribution is 2.18. The van der Waals surface area contributed by atoms with E-state index in [0.717, 1.165) is 16.7 Å². The van der Waals surface area contributed by atoms with Crippen LogP contribution in [0, 0.1) is 5.82 Å². The normalized spacial score (nSPS) is 10.8. The van der Waals surface area contributed by atoms with Gasteiger partial charge in [0.25, 0.3) is 0 Å². The van der Waals surface area contributed by atoms with Crippen LogP contribution in [-0.4, -0.2) is 48.2 Å². The zero-order chi connectivity index (χ0) is 26.7. The van der Waals surface area contributed by atoms with Crippen LogP contribution in [0.4, 0.5) is 9.18 Å². The van der Waals surface area contributed by atoms with Crippen LogP contribution in [0.1, 0.15) is 18.4 Å². The molecule has 0 bridgehead atoms. The molecule has 0 unspecified atom stereocenters. The summed E-state index contributed by atoms with van der Waals surface area (Å²) in [5.74, 6) is 0.344. The first-order valence-corrected chi connectivity index (χ1v) is 12.1. The number of nitrogens with one attached hydrogen (secondary N) is 1. The van der Waals surface area contributed by atoms with E-state index in [0.29, 0.717) is 31.3 Å². The van der Waals surface area contributed by atoms with Gasteiger partial charge >= 0.3 is 12.1 Å². The van der Waals surface area contributed by atoms with Crippen molar-refractivity contribution in [2.24, 2.45) is 0 Å². The molecule has 1 aromatic heterocycles. The maximum absolute atomic E-state index is 13.2. The molecule has 0 atom stereocenters. The highest BCUT2D eigenvalue weighted by Gasteiger charge is 2.21. The Labute approximate surface area is 219 Å². The molecule has 0 aliphatic heterocycles. The van der Waals surface area contributed by atoms with Crippen LogP contribution in [0.2, 0.25) is 0 Å². The first kappa shape index (κ1) is 26.6. The molecule has 0 aliphatic rings. The predicted octanol–water partition coefficient (Wildman–Crippen LogP) is 4.70. The standard InChI is InChI=1S/C28H28FN3O6/c1-2-35-27(33)19-32(28(34)37-22-12-10-21(29)11-13-22)18-20-6-5-7-23(16-20)36-15-14-30-17-26-31-24-8-3-4-9-25(24)38-26/h3-13,16,30H,2,14-15,17-19H2,1H3. The fourth-order valence-corrected chi connectivity index (χ4v) is 3.60. The fraction of sp³-hybridized carbons (Fsp3) is 0.250. The maximum Gasteiger partial charge on any atom is 0.416 e. The third-order valence-corrected chi connectivity index (χ3v) is 5.34. The van der Waals surface area contributed by atoms with Crippen LogP contribution >= 0.6 is 0 Å². The van der Waals surface area contributed by atoms with Crippen LogP contribution in [0.5, 0.6) is 11.5 Å². The van der Waals surface area contributed by atoms with Gasteiger partial charge in [-0.25, -0.2) is 14.2 Å². The predicted molar refractivity (Wildman–Crippen MR) is 137 cm³/mol. The average molecular weight is 522 g/mol. The number of amides is 1. The first-order valence-electron chi connectivity index (χ1n) is 12.1. The zero-order valence-electron chi connectivity index (χ0n) is 20.9. The van der Waals surface area contributed by atoms with E-state index in [9.17, 15) is 14.0 Å². The van der Waals surface area contributed by atoms with Gasteiger partial charge in [-0.15, -0.1) is 0 Å². The molecular formula is C28H28FN3O6. The second-order valence-corrected chi connectivity index (χ2v) is 8.23. The van der Waals surface area contributed by atoms with Crippen LogP contribution in [0.15, 0.2) is 77.2 Å². The summed E-state index contributed by atoms with van der Waals surface area (Å²) in [5, 5.41) is 3.23. The van der Waals surface area contributed by atoms with E-state index >= 15 is 0 Å². The smallest absolute Gasteiger partial charge is 0.416 e. The monoisotopic (exact) mass is 521 g/mol. The van der Waals surface area contributed by atoms with Gasteiger partial charge in [0, 0.05) is 13.1 Å². The lowest BCUT2D eigenvalue weighted by Gasteiger charge is -2.21. The second kappa shape index (κ2) is 13.2. The van der Waals surface area contributed by atoms with E-state index in [2.05, 4.69) is 10.3 Å². The van der Waals surface area contributed by atoms with Crippen molar-refractivity contribution in [2.75, 3.05) is 26.3 Å². The van der Waals surface area contributed by atoms with Crippen molar-refractivity contribution >= 4 is 23.2 Å². The molecule has 0 aliphatic carbocycles. The molecule has 3 aromatic carbocycles. The zero-order valence-corrected chi connectivity index (χ0v) is 20.9. The summed E-state index contributed by atoms with van der Waals surface area (Å²) in [6, 6.07) is 19.8. The Hall–Kier alpha value is -4.44. The minimum atomic E-state index is -0.764. The van der Waals surface area contributed by atoms with E-state index < -0.39 is 17.9 Å². The van der Waals surface area contributed by atoms with E-state index in [4.69, 9.17) is 18.6 Å². The molecule has 4 aromatic rings. The number of oxazole rings is 1. The van der Waals surface area contributed by atoms with E-state index in [1.807, 2.05) is 30.3 Å². The Kier molecular flexibility index (Phi) is 9.25. The number of benzene rings is 3. The molecule has 1 heterocycles. The summed E-state index contributed by atoms with van der Waals surface area (Å²) in [7, 11) is 0. The molecule has 198 valence electrons. The summed E-state index contributed by atoms with van der Waals surface area (Å²) in [6.45, 7) is 3.05. The van der Waals surface area contributed by atoms with Gasteiger partial charge in [0.2, 0.25) is 5.89 Å². The minimum absolute atomic E-state index is 0.0754. The highest BCUT2D eigenvalue weighted by atomic mass is 19.1. The van der Waals surface area contributed by atoms with Crippen molar-refractivity contribution in [3.05, 3.63) is 90.1 Å². The summed E-state index contributed by atoms with van der Waals surface area (Å²) >= 11 is 0. The number of aromatic nitrogens is 1. The first-order chi connectivity index (χ1) is 18.5. The molecule has 10 heteroatoms. The van der Waals surface area contributed by atoms with Crippen molar-refractivity contribution in [2.45, 2.75) is 20.0 Å². The minimum Gasteiger partial charge on any atom is -0.492 e. The molecule has 0 radical (unpaired) electrons. The van der Waals surface area contributed by atoms with Gasteiger partial charge in [0.05, 0.1) is 13.2 Å². The van der Waals surface area contributed by atoms with Crippen molar-refractivity contribution in [3.63, 3.8) is 0 Å². The Morgan fingerprint density at radius 1 is 1.03 bits per heavy atom. The van der Waals surface area contributed by atoms with Crippen LogP contribution < -0.4 is 14.8 Å². The lowest BCUT2D eigenvalue weighted by atomic mass is 10.2. The lowest BCUT2D eigenvalue weighted by molar-refractivity contribution is -0.144. The average Bonchev–Trinajstić information content (AvgIpc) is 3.33. The number of halogens is 1. The highest BCUT2D eigenvalue weighted by molar-refractivity contribution is 5.79.